The van der Waals surface area contributed by atoms with Crippen molar-refractivity contribution in [3.63, 3.8) is 0 Å². The van der Waals surface area contributed by atoms with Crippen LogP contribution in [-0.4, -0.2) is 24.4 Å². The van der Waals surface area contributed by atoms with Gasteiger partial charge in [0.1, 0.15) is 5.75 Å². The first-order valence-electron chi connectivity index (χ1n) is 7.68. The average molecular weight is 378 g/mol. The van der Waals surface area contributed by atoms with Crippen LogP contribution in [0.5, 0.6) is 5.75 Å². The number of ether oxygens (including phenoxy) is 1. The standard InChI is InChI=1S/C18H18F3O3P.Li.H/c1-3-23-25(18(19,20)21)16-11-9-15(10-12-16)24-13(2)17(22)14-7-5-4-6-8-14;;/h4-13H,3H2,1-2H3;;/q;+1;-1. The summed E-state index contributed by atoms with van der Waals surface area (Å²) in [7, 11) is -2.70. The molecule has 0 radical (unpaired) electrons. The Morgan fingerprint density at radius 2 is 1.69 bits per heavy atom. The number of hydrogen-bond acceptors (Lipinski definition) is 3. The van der Waals surface area contributed by atoms with Crippen LogP contribution in [0.4, 0.5) is 13.2 Å². The second-order valence-electron chi connectivity index (χ2n) is 5.16. The molecule has 0 aliphatic heterocycles. The van der Waals surface area contributed by atoms with Crippen LogP contribution in [0.25, 0.3) is 0 Å². The van der Waals surface area contributed by atoms with E-state index >= 15 is 0 Å². The van der Waals surface area contributed by atoms with Crippen molar-refractivity contribution in [3.05, 3.63) is 60.2 Å². The second kappa shape index (κ2) is 10.1. The van der Waals surface area contributed by atoms with E-state index < -0.39 is 20.2 Å². The minimum atomic E-state index is -4.43. The molecule has 136 valence electrons. The van der Waals surface area contributed by atoms with E-state index in [9.17, 15) is 18.0 Å². The van der Waals surface area contributed by atoms with E-state index in [2.05, 4.69) is 0 Å². The van der Waals surface area contributed by atoms with Gasteiger partial charge in [0, 0.05) is 17.5 Å². The number of carbonyl (C=O) groups excluding carboxylic acids is 1. The minimum absolute atomic E-state index is 0. The molecule has 0 aliphatic carbocycles. The van der Waals surface area contributed by atoms with Crippen molar-refractivity contribution >= 4 is 19.2 Å². The molecule has 3 nitrogen and oxygen atoms in total. The molecule has 0 saturated carbocycles. The number of hydrogen-bond donors (Lipinski definition) is 0. The maximum atomic E-state index is 13.0. The molecular formula is C18H19F3LiO3P. The summed E-state index contributed by atoms with van der Waals surface area (Å²) >= 11 is 0. The predicted molar refractivity (Wildman–Crippen MR) is 92.7 cm³/mol. The summed E-state index contributed by atoms with van der Waals surface area (Å²) in [4.78, 5) is 12.3. The molecule has 2 rings (SSSR count). The van der Waals surface area contributed by atoms with E-state index in [0.717, 1.165) is 0 Å². The van der Waals surface area contributed by atoms with Crippen LogP contribution in [-0.2, 0) is 4.52 Å². The Labute approximate surface area is 165 Å². The topological polar surface area (TPSA) is 35.5 Å². The number of ketones is 1. The summed E-state index contributed by atoms with van der Waals surface area (Å²) in [5, 5.41) is 0.0544. The largest absolute Gasteiger partial charge is 1.00 e. The predicted octanol–water partition coefficient (Wildman–Crippen LogP) is 2.03. The smallest absolute Gasteiger partial charge is 1.00 e. The van der Waals surface area contributed by atoms with Crippen LogP contribution in [0.1, 0.15) is 25.6 Å². The third kappa shape index (κ3) is 6.14. The molecule has 2 unspecified atom stereocenters. The molecule has 0 heterocycles. The zero-order chi connectivity index (χ0) is 18.4. The SMILES string of the molecule is CCOP(c1ccc(OC(C)C(=O)c2ccccc2)cc1)C(F)(F)F.[H-].[Li+]. The molecular weight excluding hydrogens is 359 g/mol. The van der Waals surface area contributed by atoms with E-state index in [1.165, 1.54) is 31.2 Å². The molecule has 0 aliphatic rings. The number of Topliss-reactive ketones (excluding diaryl/α,β-unsaturated/α-hetero) is 1. The summed E-state index contributed by atoms with van der Waals surface area (Å²) in [5.74, 6) is -4.30. The van der Waals surface area contributed by atoms with E-state index in [0.29, 0.717) is 11.3 Å². The van der Waals surface area contributed by atoms with E-state index in [1.54, 1.807) is 37.3 Å². The van der Waals surface area contributed by atoms with Gasteiger partial charge < -0.3 is 10.7 Å². The normalized spacial score (nSPS) is 13.4. The number of benzene rings is 2. The maximum absolute atomic E-state index is 13.0. The number of carbonyl (C=O) groups is 1. The van der Waals surface area contributed by atoms with Crippen molar-refractivity contribution in [2.45, 2.75) is 25.9 Å². The van der Waals surface area contributed by atoms with Gasteiger partial charge in [0.25, 0.3) is 0 Å². The molecule has 0 amide bonds. The summed E-state index contributed by atoms with van der Waals surface area (Å²) in [6.07, 6.45) is -0.746. The number of alkyl halides is 3. The molecule has 2 atom stereocenters. The van der Waals surface area contributed by atoms with Crippen LogP contribution in [0.15, 0.2) is 54.6 Å². The Bertz CT molecular complexity index is 699. The van der Waals surface area contributed by atoms with Gasteiger partial charge in [-0.25, -0.2) is 0 Å². The Morgan fingerprint density at radius 1 is 1.12 bits per heavy atom. The van der Waals surface area contributed by atoms with Gasteiger partial charge in [-0.3, -0.25) is 4.79 Å². The molecule has 0 fully saturated rings. The van der Waals surface area contributed by atoms with Crippen molar-refractivity contribution in [2.75, 3.05) is 6.61 Å². The Balaban J connectivity index is 0.00000338. The zero-order valence-electron chi connectivity index (χ0n) is 15.8. The molecule has 0 bridgehead atoms. The molecule has 0 spiro atoms. The third-order valence-electron chi connectivity index (χ3n) is 3.30. The summed E-state index contributed by atoms with van der Waals surface area (Å²) in [5.41, 5.74) is 0.517. The van der Waals surface area contributed by atoms with Crippen molar-refractivity contribution in [1.82, 2.24) is 0 Å². The molecule has 2 aromatic carbocycles. The fourth-order valence-corrected chi connectivity index (χ4v) is 3.44. The van der Waals surface area contributed by atoms with Gasteiger partial charge in [0.15, 0.2) is 14.3 Å². The zero-order valence-corrected chi connectivity index (χ0v) is 15.7. The van der Waals surface area contributed by atoms with Gasteiger partial charge in [-0.1, -0.05) is 30.3 Å². The number of halogens is 3. The second-order valence-corrected chi connectivity index (χ2v) is 7.03. The Kier molecular flexibility index (Phi) is 8.86. The monoisotopic (exact) mass is 378 g/mol. The van der Waals surface area contributed by atoms with Crippen LogP contribution in [0.2, 0.25) is 0 Å². The first-order valence-corrected chi connectivity index (χ1v) is 8.94. The molecule has 0 N–H and O–H groups in total. The maximum Gasteiger partial charge on any atom is 1.00 e. The first-order chi connectivity index (χ1) is 11.8. The Hall–Kier alpha value is -1.31. The van der Waals surface area contributed by atoms with Gasteiger partial charge in [0.2, 0.25) is 5.78 Å². The van der Waals surface area contributed by atoms with Gasteiger partial charge in [-0.2, -0.15) is 13.2 Å². The van der Waals surface area contributed by atoms with Crippen LogP contribution in [0.3, 0.4) is 0 Å². The fraction of sp³-hybridized carbons (Fsp3) is 0.278. The molecule has 26 heavy (non-hydrogen) atoms. The van der Waals surface area contributed by atoms with Gasteiger partial charge in [-0.05, 0) is 38.1 Å². The van der Waals surface area contributed by atoms with Crippen molar-refractivity contribution in [1.29, 1.82) is 0 Å². The van der Waals surface area contributed by atoms with Crippen molar-refractivity contribution in [3.8, 4) is 5.75 Å². The summed E-state index contributed by atoms with van der Waals surface area (Å²) in [6, 6.07) is 14.2. The minimum Gasteiger partial charge on any atom is -1.00 e. The summed E-state index contributed by atoms with van der Waals surface area (Å²) in [6.45, 7) is 3.10. The van der Waals surface area contributed by atoms with Crippen molar-refractivity contribution in [2.24, 2.45) is 0 Å². The molecule has 0 saturated heterocycles. The van der Waals surface area contributed by atoms with Crippen LogP contribution >= 0.6 is 8.15 Å². The molecule has 8 heteroatoms. The fourth-order valence-electron chi connectivity index (χ4n) is 2.18. The van der Waals surface area contributed by atoms with Crippen LogP contribution < -0.4 is 28.9 Å². The van der Waals surface area contributed by atoms with Crippen molar-refractivity contribution < 1.29 is 47.5 Å². The van der Waals surface area contributed by atoms with Crippen LogP contribution in [0, 0.1) is 0 Å². The van der Waals surface area contributed by atoms with Gasteiger partial charge >= 0.3 is 24.8 Å². The van der Waals surface area contributed by atoms with E-state index in [-0.39, 0.29) is 38.0 Å². The average Bonchev–Trinajstić information content (AvgIpc) is 2.59. The first kappa shape index (κ1) is 22.7. The van der Waals surface area contributed by atoms with Gasteiger partial charge in [0.05, 0.1) is 0 Å². The number of rotatable bonds is 7. The van der Waals surface area contributed by atoms with Gasteiger partial charge in [-0.15, -0.1) is 0 Å². The van der Waals surface area contributed by atoms with E-state index in [4.69, 9.17) is 9.26 Å². The van der Waals surface area contributed by atoms with E-state index in [1.807, 2.05) is 0 Å². The third-order valence-corrected chi connectivity index (χ3v) is 5.04. The quantitative estimate of drug-likeness (QED) is 0.420. The Morgan fingerprint density at radius 3 is 2.19 bits per heavy atom. The molecule has 0 aromatic heterocycles. The molecule has 2 aromatic rings. The summed E-state index contributed by atoms with van der Waals surface area (Å²) < 4.78 is 49.5.